The van der Waals surface area contributed by atoms with Crippen molar-refractivity contribution in [2.24, 2.45) is 0 Å². The van der Waals surface area contributed by atoms with E-state index in [2.05, 4.69) is 10.6 Å². The lowest BCUT2D eigenvalue weighted by molar-refractivity contribution is -0.141. The van der Waals surface area contributed by atoms with E-state index >= 15 is 0 Å². The van der Waals surface area contributed by atoms with Crippen LogP contribution in [0.2, 0.25) is 0 Å². The summed E-state index contributed by atoms with van der Waals surface area (Å²) in [5, 5.41) is 23.5. The number of nitrogens with one attached hydrogen (secondary N) is 2. The topological polar surface area (TPSA) is 119 Å². The molecule has 0 spiro atoms. The molecular formula is C10H15N3O5. The quantitative estimate of drug-likeness (QED) is 0.461. The number of β-amino-alcohol motifs (C(OH)–C–C–N with tert-alkyl or cyclic N) is 1. The van der Waals surface area contributed by atoms with E-state index < -0.39 is 24.1 Å². The van der Waals surface area contributed by atoms with Gasteiger partial charge < -0.3 is 25.7 Å². The number of carboxylic acids is 1. The number of urea groups is 1. The lowest BCUT2D eigenvalue weighted by Gasteiger charge is -2.23. The van der Waals surface area contributed by atoms with Crippen LogP contribution in [0, 0.1) is 0 Å². The van der Waals surface area contributed by atoms with Gasteiger partial charge in [-0.15, -0.1) is 0 Å². The fraction of sp³-hybridized carbons (Fsp3) is 0.700. The largest absolute Gasteiger partial charge is 0.480 e. The Morgan fingerprint density at radius 2 is 2.17 bits per heavy atom. The Balaban J connectivity index is 1.95. The van der Waals surface area contributed by atoms with Gasteiger partial charge >= 0.3 is 12.0 Å². The van der Waals surface area contributed by atoms with Crippen molar-refractivity contribution in [3.05, 3.63) is 0 Å². The molecule has 2 heterocycles. The van der Waals surface area contributed by atoms with Crippen molar-refractivity contribution in [1.29, 1.82) is 0 Å². The SMILES string of the molecule is O=C1CC(NC(=O)N2CC(O)C[C@H]2C(=O)O)CN1. The predicted octanol–water partition coefficient (Wildman–Crippen LogP) is -1.90. The molecule has 2 aliphatic heterocycles. The van der Waals surface area contributed by atoms with Crippen molar-refractivity contribution in [3.63, 3.8) is 0 Å². The number of amides is 3. The zero-order valence-corrected chi connectivity index (χ0v) is 9.63. The average molecular weight is 257 g/mol. The third-order valence-electron chi connectivity index (χ3n) is 3.13. The van der Waals surface area contributed by atoms with Crippen molar-refractivity contribution in [3.8, 4) is 0 Å². The number of hydrogen-bond donors (Lipinski definition) is 4. The Labute approximate surface area is 103 Å². The number of aliphatic carboxylic acids is 1. The molecule has 0 aliphatic carbocycles. The molecule has 0 aromatic rings. The lowest BCUT2D eigenvalue weighted by Crippen LogP contribution is -2.49. The standard InChI is InChI=1S/C10H15N3O5/c14-6-2-7(9(16)17)13(4-6)10(18)12-5-1-8(15)11-3-5/h5-7,14H,1-4H2,(H,11,15)(H,12,18)(H,16,17)/t5?,6?,7-/m0/s1. The van der Waals surface area contributed by atoms with E-state index in [9.17, 15) is 19.5 Å². The zero-order chi connectivity index (χ0) is 13.3. The molecule has 2 aliphatic rings. The summed E-state index contributed by atoms with van der Waals surface area (Å²) in [6.07, 6.45) is -0.593. The van der Waals surface area contributed by atoms with Crippen LogP contribution in [0.5, 0.6) is 0 Å². The summed E-state index contributed by atoms with van der Waals surface area (Å²) in [5.74, 6) is -1.28. The number of aliphatic hydroxyl groups excluding tert-OH is 1. The highest BCUT2D eigenvalue weighted by Crippen LogP contribution is 2.18. The number of aliphatic hydroxyl groups is 1. The predicted molar refractivity (Wildman–Crippen MR) is 58.7 cm³/mol. The van der Waals surface area contributed by atoms with Crippen molar-refractivity contribution < 1.29 is 24.6 Å². The van der Waals surface area contributed by atoms with E-state index in [0.29, 0.717) is 6.54 Å². The maximum Gasteiger partial charge on any atom is 0.326 e. The van der Waals surface area contributed by atoms with Gasteiger partial charge in [0.05, 0.1) is 12.1 Å². The third-order valence-corrected chi connectivity index (χ3v) is 3.13. The molecule has 3 amide bonds. The number of carboxylic acid groups (broad SMARTS) is 1. The second-order valence-electron chi connectivity index (χ2n) is 4.55. The maximum absolute atomic E-state index is 11.9. The van der Waals surface area contributed by atoms with Crippen LogP contribution < -0.4 is 10.6 Å². The highest BCUT2D eigenvalue weighted by Gasteiger charge is 2.39. The first-order chi connectivity index (χ1) is 8.47. The smallest absolute Gasteiger partial charge is 0.326 e. The van der Waals surface area contributed by atoms with E-state index in [1.165, 1.54) is 0 Å². The van der Waals surface area contributed by atoms with Gasteiger partial charge in [-0.05, 0) is 0 Å². The molecule has 0 bridgehead atoms. The highest BCUT2D eigenvalue weighted by atomic mass is 16.4. The summed E-state index contributed by atoms with van der Waals surface area (Å²) in [6.45, 7) is 0.343. The van der Waals surface area contributed by atoms with Crippen molar-refractivity contribution in [2.75, 3.05) is 13.1 Å². The van der Waals surface area contributed by atoms with Crippen molar-refractivity contribution in [1.82, 2.24) is 15.5 Å². The Bertz CT molecular complexity index is 386. The van der Waals surface area contributed by atoms with Crippen LogP contribution >= 0.6 is 0 Å². The molecule has 3 atom stereocenters. The number of rotatable bonds is 2. The summed E-state index contributed by atoms with van der Waals surface area (Å²) in [4.78, 5) is 34.9. The summed E-state index contributed by atoms with van der Waals surface area (Å²) >= 11 is 0. The van der Waals surface area contributed by atoms with Crippen molar-refractivity contribution >= 4 is 17.9 Å². The maximum atomic E-state index is 11.9. The molecule has 8 nitrogen and oxygen atoms in total. The molecule has 0 aromatic carbocycles. The molecule has 100 valence electrons. The first-order valence-electron chi connectivity index (χ1n) is 5.72. The van der Waals surface area contributed by atoms with E-state index in [4.69, 9.17) is 5.11 Å². The first kappa shape index (κ1) is 12.6. The molecule has 2 saturated heterocycles. The van der Waals surface area contributed by atoms with E-state index in [1.807, 2.05) is 0 Å². The van der Waals surface area contributed by atoms with Gasteiger partial charge in [-0.25, -0.2) is 9.59 Å². The van der Waals surface area contributed by atoms with Crippen LogP contribution in [0.15, 0.2) is 0 Å². The normalized spacial score (nSPS) is 31.3. The molecular weight excluding hydrogens is 242 g/mol. The fourth-order valence-electron chi connectivity index (χ4n) is 2.24. The van der Waals surface area contributed by atoms with Gasteiger partial charge in [0.25, 0.3) is 0 Å². The molecule has 0 saturated carbocycles. The van der Waals surface area contributed by atoms with Crippen LogP contribution in [-0.2, 0) is 9.59 Å². The molecule has 8 heteroatoms. The lowest BCUT2D eigenvalue weighted by atomic mass is 10.2. The van der Waals surface area contributed by atoms with Gasteiger partial charge in [-0.2, -0.15) is 0 Å². The Morgan fingerprint density at radius 1 is 1.44 bits per heavy atom. The minimum atomic E-state index is -1.14. The molecule has 2 rings (SSSR count). The molecule has 2 unspecified atom stereocenters. The molecule has 18 heavy (non-hydrogen) atoms. The second kappa shape index (κ2) is 4.81. The van der Waals surface area contributed by atoms with E-state index in [0.717, 1.165) is 4.90 Å². The zero-order valence-electron chi connectivity index (χ0n) is 9.63. The van der Waals surface area contributed by atoms with Gasteiger partial charge in [0.15, 0.2) is 0 Å². The molecule has 0 aromatic heterocycles. The van der Waals surface area contributed by atoms with Gasteiger partial charge in [-0.3, -0.25) is 4.79 Å². The van der Waals surface area contributed by atoms with Crippen LogP contribution in [0.4, 0.5) is 4.79 Å². The highest BCUT2D eigenvalue weighted by molar-refractivity contribution is 5.85. The third kappa shape index (κ3) is 2.53. The van der Waals surface area contributed by atoms with Gasteiger partial charge in [0.1, 0.15) is 6.04 Å². The molecule has 0 radical (unpaired) electrons. The number of hydrogen-bond acceptors (Lipinski definition) is 4. The average Bonchev–Trinajstić information content (AvgIpc) is 2.85. The van der Waals surface area contributed by atoms with Crippen LogP contribution in [-0.4, -0.2) is 64.3 Å². The Morgan fingerprint density at radius 3 is 2.72 bits per heavy atom. The van der Waals surface area contributed by atoms with Gasteiger partial charge in [0.2, 0.25) is 5.91 Å². The van der Waals surface area contributed by atoms with E-state index in [1.54, 1.807) is 0 Å². The van der Waals surface area contributed by atoms with Crippen LogP contribution in [0.1, 0.15) is 12.8 Å². The van der Waals surface area contributed by atoms with Crippen molar-refractivity contribution in [2.45, 2.75) is 31.0 Å². The summed E-state index contributed by atoms with van der Waals surface area (Å²) in [7, 11) is 0. The van der Waals surface area contributed by atoms with Gasteiger partial charge in [-0.1, -0.05) is 0 Å². The summed E-state index contributed by atoms with van der Waals surface area (Å²) < 4.78 is 0. The minimum Gasteiger partial charge on any atom is -0.480 e. The van der Waals surface area contributed by atoms with Gasteiger partial charge in [0, 0.05) is 25.9 Å². The monoisotopic (exact) mass is 257 g/mol. The fourth-order valence-corrected chi connectivity index (χ4v) is 2.24. The minimum absolute atomic E-state index is 0.00308. The Hall–Kier alpha value is -1.83. The number of nitrogens with zero attached hydrogens (tertiary/aromatic N) is 1. The summed E-state index contributed by atoms with van der Waals surface area (Å²) in [5.41, 5.74) is 0. The van der Waals surface area contributed by atoms with Crippen LogP contribution in [0.3, 0.4) is 0 Å². The van der Waals surface area contributed by atoms with Crippen LogP contribution in [0.25, 0.3) is 0 Å². The molecule has 2 fully saturated rings. The second-order valence-corrected chi connectivity index (χ2v) is 4.55. The Kier molecular flexibility index (Phi) is 3.37. The first-order valence-corrected chi connectivity index (χ1v) is 5.72. The number of carbonyl (C=O) groups excluding carboxylic acids is 2. The number of likely N-dealkylation sites (tertiary alicyclic amines) is 1. The molecule has 4 N–H and O–H groups in total. The summed E-state index contributed by atoms with van der Waals surface area (Å²) in [6, 6.07) is -1.89. The number of carbonyl (C=O) groups is 3. The van der Waals surface area contributed by atoms with E-state index in [-0.39, 0.29) is 31.3 Å².